The van der Waals surface area contributed by atoms with E-state index in [-0.39, 0.29) is 18.2 Å². The second-order valence-electron chi connectivity index (χ2n) is 6.26. The molecule has 2 aromatic heterocycles. The number of thiazole rings is 1. The lowest BCUT2D eigenvalue weighted by Gasteiger charge is -2.08. The zero-order chi connectivity index (χ0) is 21.1. The zero-order valence-electron chi connectivity index (χ0n) is 15.7. The monoisotopic (exact) mass is 430 g/mol. The van der Waals surface area contributed by atoms with Gasteiger partial charge in [-0.2, -0.15) is 13.9 Å². The molecule has 0 saturated heterocycles. The van der Waals surface area contributed by atoms with Crippen molar-refractivity contribution in [2.75, 3.05) is 5.32 Å². The molecular formula is C20H16F2N4O3S. The summed E-state index contributed by atoms with van der Waals surface area (Å²) in [4.78, 5) is 16.7. The molecule has 154 valence electrons. The third-order valence-electron chi connectivity index (χ3n) is 4.12. The molecule has 1 amide bonds. The second kappa shape index (κ2) is 8.46. The maximum Gasteiger partial charge on any atom is 0.387 e. The van der Waals surface area contributed by atoms with Crippen LogP contribution in [0.2, 0.25) is 0 Å². The third-order valence-corrected chi connectivity index (χ3v) is 5.06. The molecule has 4 rings (SSSR count). The van der Waals surface area contributed by atoms with Crippen molar-refractivity contribution in [1.29, 1.82) is 0 Å². The Morgan fingerprint density at radius 2 is 2.07 bits per heavy atom. The Morgan fingerprint density at radius 3 is 2.87 bits per heavy atom. The summed E-state index contributed by atoms with van der Waals surface area (Å²) >= 11 is 1.15. The molecule has 30 heavy (non-hydrogen) atoms. The Morgan fingerprint density at radius 1 is 1.23 bits per heavy atom. The average molecular weight is 430 g/mol. The fourth-order valence-corrected chi connectivity index (χ4v) is 3.59. The highest BCUT2D eigenvalue weighted by molar-refractivity contribution is 7.22. The van der Waals surface area contributed by atoms with Crippen molar-refractivity contribution in [3.8, 4) is 11.5 Å². The highest BCUT2D eigenvalue weighted by atomic mass is 32.1. The van der Waals surface area contributed by atoms with Crippen LogP contribution in [0.25, 0.3) is 10.2 Å². The van der Waals surface area contributed by atoms with Gasteiger partial charge in [0, 0.05) is 6.20 Å². The second-order valence-corrected chi connectivity index (χ2v) is 7.29. The highest BCUT2D eigenvalue weighted by Gasteiger charge is 2.14. The van der Waals surface area contributed by atoms with Crippen molar-refractivity contribution in [2.24, 2.45) is 0 Å². The fourth-order valence-electron chi connectivity index (χ4n) is 2.70. The molecule has 0 saturated carbocycles. The maximum absolute atomic E-state index is 12.5. The zero-order valence-corrected chi connectivity index (χ0v) is 16.5. The molecule has 7 nitrogen and oxygen atoms in total. The van der Waals surface area contributed by atoms with Crippen LogP contribution in [0.5, 0.6) is 11.5 Å². The summed E-state index contributed by atoms with van der Waals surface area (Å²) in [7, 11) is 0. The minimum atomic E-state index is -2.90. The molecule has 1 N–H and O–H groups in total. The quantitative estimate of drug-likeness (QED) is 0.460. The number of nitrogens with one attached hydrogen (secondary N) is 1. The number of carbonyl (C=O) groups excluding carboxylic acids is 1. The van der Waals surface area contributed by atoms with E-state index in [1.165, 1.54) is 16.8 Å². The van der Waals surface area contributed by atoms with Crippen LogP contribution in [0.4, 0.5) is 13.9 Å². The Hall–Kier alpha value is -3.53. The Kier molecular flexibility index (Phi) is 5.57. The molecule has 0 bridgehead atoms. The number of aryl methyl sites for hydroxylation is 1. The molecule has 2 aromatic carbocycles. The summed E-state index contributed by atoms with van der Waals surface area (Å²) in [6, 6.07) is 13.6. The van der Waals surface area contributed by atoms with Crippen LogP contribution in [0.15, 0.2) is 54.7 Å². The fraction of sp³-hybridized carbons (Fsp3) is 0.150. The number of benzene rings is 2. The number of hydrogen-bond donors (Lipinski definition) is 1. The number of ether oxygens (including phenoxy) is 2. The van der Waals surface area contributed by atoms with E-state index in [4.69, 9.17) is 4.74 Å². The van der Waals surface area contributed by atoms with Gasteiger partial charge in [0.25, 0.3) is 5.91 Å². The molecule has 0 aliphatic heterocycles. The van der Waals surface area contributed by atoms with Gasteiger partial charge in [-0.25, -0.2) is 9.67 Å². The molecule has 10 heteroatoms. The Labute approximate surface area is 173 Å². The van der Waals surface area contributed by atoms with E-state index in [1.54, 1.807) is 18.3 Å². The standard InChI is InChI=1S/C20H16F2N4O3S/c1-12-4-2-3-5-16(12)28-11-26-9-8-15(25-26)18(27)24-20-23-14-7-6-13(29-19(21)22)10-17(14)30-20/h2-10,19H,11H2,1H3,(H,23,24,27). The molecule has 4 aromatic rings. The van der Waals surface area contributed by atoms with Crippen LogP contribution in [0.3, 0.4) is 0 Å². The number of nitrogens with zero attached hydrogens (tertiary/aromatic N) is 3. The topological polar surface area (TPSA) is 78.3 Å². The number of halogens is 2. The number of carbonyl (C=O) groups is 1. The molecule has 2 heterocycles. The molecular weight excluding hydrogens is 414 g/mol. The highest BCUT2D eigenvalue weighted by Crippen LogP contribution is 2.30. The summed E-state index contributed by atoms with van der Waals surface area (Å²) in [5, 5.41) is 7.20. The van der Waals surface area contributed by atoms with Crippen LogP contribution in [0.1, 0.15) is 16.1 Å². The minimum Gasteiger partial charge on any atom is -0.471 e. The van der Waals surface area contributed by atoms with Gasteiger partial charge in [-0.1, -0.05) is 29.5 Å². The van der Waals surface area contributed by atoms with Crippen LogP contribution < -0.4 is 14.8 Å². The van der Waals surface area contributed by atoms with Crippen molar-refractivity contribution in [3.05, 3.63) is 66.0 Å². The lowest BCUT2D eigenvalue weighted by Crippen LogP contribution is -2.14. The summed E-state index contributed by atoms with van der Waals surface area (Å²) < 4.78 is 36.9. The van der Waals surface area contributed by atoms with Gasteiger partial charge in [0.1, 0.15) is 11.5 Å². The molecule has 0 atom stereocenters. The van der Waals surface area contributed by atoms with E-state index in [9.17, 15) is 13.6 Å². The van der Waals surface area contributed by atoms with Crippen molar-refractivity contribution in [1.82, 2.24) is 14.8 Å². The van der Waals surface area contributed by atoms with Gasteiger partial charge in [-0.15, -0.1) is 0 Å². The van der Waals surface area contributed by atoms with Gasteiger partial charge in [0.05, 0.1) is 10.2 Å². The van der Waals surface area contributed by atoms with Gasteiger partial charge >= 0.3 is 6.61 Å². The predicted molar refractivity (Wildman–Crippen MR) is 108 cm³/mol. The number of para-hydroxylation sites is 1. The first-order chi connectivity index (χ1) is 14.5. The van der Waals surface area contributed by atoms with Crippen molar-refractivity contribution in [2.45, 2.75) is 20.3 Å². The third kappa shape index (κ3) is 4.54. The molecule has 0 aliphatic carbocycles. The normalized spacial score (nSPS) is 11.1. The van der Waals surface area contributed by atoms with Crippen molar-refractivity contribution >= 4 is 32.6 Å². The van der Waals surface area contributed by atoms with Crippen molar-refractivity contribution in [3.63, 3.8) is 0 Å². The SMILES string of the molecule is Cc1ccccc1OCn1ccc(C(=O)Nc2nc3ccc(OC(F)F)cc3s2)n1. The molecule has 0 aliphatic rings. The van der Waals surface area contributed by atoms with Crippen LogP contribution in [0, 0.1) is 6.92 Å². The maximum atomic E-state index is 12.5. The lowest BCUT2D eigenvalue weighted by molar-refractivity contribution is -0.0497. The summed E-state index contributed by atoms with van der Waals surface area (Å²) in [5.41, 5.74) is 1.76. The first-order valence-corrected chi connectivity index (χ1v) is 9.68. The molecule has 0 spiro atoms. The number of fused-ring (bicyclic) bond motifs is 1. The van der Waals surface area contributed by atoms with E-state index in [0.29, 0.717) is 15.3 Å². The number of amides is 1. The van der Waals surface area contributed by atoms with E-state index in [2.05, 4.69) is 20.1 Å². The largest absolute Gasteiger partial charge is 0.471 e. The molecule has 0 radical (unpaired) electrons. The van der Waals surface area contributed by atoms with Crippen LogP contribution in [-0.4, -0.2) is 27.3 Å². The van der Waals surface area contributed by atoms with Gasteiger partial charge in [0.15, 0.2) is 17.6 Å². The number of anilines is 1. The molecule has 0 unspecified atom stereocenters. The predicted octanol–water partition coefficient (Wildman–Crippen LogP) is 4.69. The minimum absolute atomic E-state index is 0.0337. The lowest BCUT2D eigenvalue weighted by atomic mass is 10.2. The summed E-state index contributed by atoms with van der Waals surface area (Å²) in [6.45, 7) is -0.802. The number of hydrogen-bond acceptors (Lipinski definition) is 6. The van der Waals surface area contributed by atoms with Gasteiger partial charge in [0.2, 0.25) is 0 Å². The number of rotatable bonds is 7. The first kappa shape index (κ1) is 19.8. The van der Waals surface area contributed by atoms with Crippen molar-refractivity contribution < 1.29 is 23.0 Å². The van der Waals surface area contributed by atoms with Gasteiger partial charge in [-0.3, -0.25) is 10.1 Å². The van der Waals surface area contributed by atoms with E-state index >= 15 is 0 Å². The van der Waals surface area contributed by atoms with E-state index in [0.717, 1.165) is 22.6 Å². The first-order valence-electron chi connectivity index (χ1n) is 8.86. The van der Waals surface area contributed by atoms with Gasteiger partial charge < -0.3 is 9.47 Å². The Balaban J connectivity index is 1.41. The summed E-state index contributed by atoms with van der Waals surface area (Å²) in [5.74, 6) is 0.336. The summed E-state index contributed by atoms with van der Waals surface area (Å²) in [6.07, 6.45) is 1.64. The van der Waals surface area contributed by atoms with E-state index in [1.807, 2.05) is 31.2 Å². The molecule has 0 fully saturated rings. The van der Waals surface area contributed by atoms with Crippen LogP contribution >= 0.6 is 11.3 Å². The number of alkyl halides is 2. The van der Waals surface area contributed by atoms with Gasteiger partial charge in [-0.05, 0) is 42.8 Å². The average Bonchev–Trinajstić information content (AvgIpc) is 3.33. The Bertz CT molecular complexity index is 1190. The smallest absolute Gasteiger partial charge is 0.387 e. The van der Waals surface area contributed by atoms with Crippen LogP contribution in [-0.2, 0) is 6.73 Å². The van der Waals surface area contributed by atoms with E-state index < -0.39 is 12.5 Å². The number of aromatic nitrogens is 3.